The van der Waals surface area contributed by atoms with E-state index >= 15 is 0 Å². The number of amidine groups is 1. The van der Waals surface area contributed by atoms with E-state index in [0.717, 1.165) is 5.69 Å². The Hall–Kier alpha value is -3.70. The van der Waals surface area contributed by atoms with E-state index < -0.39 is 0 Å². The Labute approximate surface area is 155 Å². The van der Waals surface area contributed by atoms with Crippen molar-refractivity contribution < 1.29 is 9.53 Å². The molecule has 0 saturated heterocycles. The summed E-state index contributed by atoms with van der Waals surface area (Å²) in [4.78, 5) is 12.3. The summed E-state index contributed by atoms with van der Waals surface area (Å²) >= 11 is 5.25. The summed E-state index contributed by atoms with van der Waals surface area (Å²) in [7, 11) is 0. The standard InChI is InChI=1S/C18H13N5O2S/c19-11-14(17(26)20-13-9-5-2-6-10-13)16-22-23-18(25-16)21-15(24)12-7-3-1-4-8-12/h1-10,22H,(H,20,26)(H,21,23,24). The molecule has 7 nitrogen and oxygen atoms in total. The third-order valence-electron chi connectivity index (χ3n) is 3.31. The SMILES string of the molecule is N#CC(C(=S)Nc1ccccc1)=C1NN=C(NC(=O)c2ccccc2)O1. The van der Waals surface area contributed by atoms with Crippen LogP contribution in [0.5, 0.6) is 0 Å². The lowest BCUT2D eigenvalue weighted by molar-refractivity contribution is 0.0970. The number of carbonyl (C=O) groups is 1. The molecule has 2 aromatic carbocycles. The van der Waals surface area contributed by atoms with Gasteiger partial charge in [0.2, 0.25) is 5.88 Å². The van der Waals surface area contributed by atoms with Crippen molar-refractivity contribution in [3.05, 3.63) is 77.7 Å². The van der Waals surface area contributed by atoms with Crippen LogP contribution >= 0.6 is 12.2 Å². The van der Waals surface area contributed by atoms with Gasteiger partial charge in [-0.1, -0.05) is 48.6 Å². The highest BCUT2D eigenvalue weighted by atomic mass is 32.1. The van der Waals surface area contributed by atoms with Gasteiger partial charge in [-0.25, -0.2) is 5.43 Å². The summed E-state index contributed by atoms with van der Waals surface area (Å²) in [6.45, 7) is 0. The van der Waals surface area contributed by atoms with Crippen LogP contribution in [0.3, 0.4) is 0 Å². The fourth-order valence-corrected chi connectivity index (χ4v) is 2.34. The van der Waals surface area contributed by atoms with Gasteiger partial charge in [0.1, 0.15) is 16.6 Å². The van der Waals surface area contributed by atoms with Crippen molar-refractivity contribution in [2.45, 2.75) is 0 Å². The lowest BCUT2D eigenvalue weighted by Crippen LogP contribution is -2.30. The molecule has 0 radical (unpaired) electrons. The van der Waals surface area contributed by atoms with Gasteiger partial charge in [0.05, 0.1) is 0 Å². The van der Waals surface area contributed by atoms with Crippen LogP contribution in [0.15, 0.2) is 77.2 Å². The van der Waals surface area contributed by atoms with Gasteiger partial charge in [-0.2, -0.15) is 5.26 Å². The lowest BCUT2D eigenvalue weighted by atomic mass is 10.2. The highest BCUT2D eigenvalue weighted by molar-refractivity contribution is 7.81. The summed E-state index contributed by atoms with van der Waals surface area (Å²) in [5.74, 6) is -0.333. The maximum atomic E-state index is 12.1. The van der Waals surface area contributed by atoms with E-state index in [2.05, 4.69) is 21.2 Å². The number of hydrogen-bond donors (Lipinski definition) is 3. The van der Waals surface area contributed by atoms with Crippen molar-refractivity contribution in [2.75, 3.05) is 5.32 Å². The minimum Gasteiger partial charge on any atom is -0.404 e. The topological polar surface area (TPSA) is 98.5 Å². The quantitative estimate of drug-likeness (QED) is 0.440. The van der Waals surface area contributed by atoms with Crippen LogP contribution in [0.4, 0.5) is 5.69 Å². The molecule has 0 bridgehead atoms. The van der Waals surface area contributed by atoms with Crippen LogP contribution in [0.2, 0.25) is 0 Å². The number of thiocarbonyl (C=S) groups is 1. The maximum absolute atomic E-state index is 12.1. The summed E-state index contributed by atoms with van der Waals surface area (Å²) in [6.07, 6.45) is 0. The number of amides is 1. The fourth-order valence-electron chi connectivity index (χ4n) is 2.08. The molecule has 1 aliphatic rings. The molecule has 1 aliphatic heterocycles. The Balaban J connectivity index is 1.67. The van der Waals surface area contributed by atoms with E-state index in [1.165, 1.54) is 0 Å². The first-order chi connectivity index (χ1) is 12.7. The number of nitriles is 1. The van der Waals surface area contributed by atoms with Crippen molar-refractivity contribution in [1.82, 2.24) is 10.7 Å². The zero-order valence-corrected chi connectivity index (χ0v) is 14.2. The first kappa shape index (κ1) is 17.1. The number of ether oxygens (including phenoxy) is 1. The Morgan fingerprint density at radius 1 is 1.08 bits per heavy atom. The minimum absolute atomic E-state index is 0.0456. The van der Waals surface area contributed by atoms with Gasteiger partial charge in [0.25, 0.3) is 5.91 Å². The van der Waals surface area contributed by atoms with E-state index in [1.807, 2.05) is 42.5 Å². The van der Waals surface area contributed by atoms with Gasteiger partial charge < -0.3 is 10.1 Å². The van der Waals surface area contributed by atoms with Gasteiger partial charge in [-0.3, -0.25) is 10.1 Å². The number of hydrogen-bond acceptors (Lipinski definition) is 6. The van der Waals surface area contributed by atoms with Crippen molar-refractivity contribution in [3.8, 4) is 6.07 Å². The molecule has 1 amide bonds. The minimum atomic E-state index is -0.379. The zero-order valence-electron chi connectivity index (χ0n) is 13.4. The molecule has 8 heteroatoms. The Kier molecular flexibility index (Phi) is 5.22. The predicted molar refractivity (Wildman–Crippen MR) is 101 cm³/mol. The molecule has 128 valence electrons. The molecule has 2 aromatic rings. The average molecular weight is 363 g/mol. The number of rotatable bonds is 3. The zero-order chi connectivity index (χ0) is 18.4. The van der Waals surface area contributed by atoms with Crippen LogP contribution in [0.25, 0.3) is 0 Å². The molecule has 0 fully saturated rings. The molecule has 0 aliphatic carbocycles. The van der Waals surface area contributed by atoms with Gasteiger partial charge in [0.15, 0.2) is 0 Å². The number of para-hydroxylation sites is 1. The van der Waals surface area contributed by atoms with Crippen LogP contribution < -0.4 is 16.1 Å². The smallest absolute Gasteiger partial charge is 0.320 e. The maximum Gasteiger partial charge on any atom is 0.320 e. The van der Waals surface area contributed by atoms with Crippen molar-refractivity contribution >= 4 is 34.8 Å². The predicted octanol–water partition coefficient (Wildman–Crippen LogP) is 2.48. The number of nitrogens with one attached hydrogen (secondary N) is 3. The summed E-state index contributed by atoms with van der Waals surface area (Å²) in [6, 6.07) is 19.7. The molecule has 26 heavy (non-hydrogen) atoms. The Morgan fingerprint density at radius 3 is 2.38 bits per heavy atom. The second-order valence-electron chi connectivity index (χ2n) is 5.09. The number of hydrazone groups is 1. The summed E-state index contributed by atoms with van der Waals surface area (Å²) < 4.78 is 5.40. The van der Waals surface area contributed by atoms with Crippen LogP contribution in [0, 0.1) is 11.3 Å². The number of nitrogens with zero attached hydrogens (tertiary/aromatic N) is 2. The highest BCUT2D eigenvalue weighted by Crippen LogP contribution is 2.14. The molecule has 3 N–H and O–H groups in total. The molecular formula is C18H13N5O2S. The van der Waals surface area contributed by atoms with Crippen molar-refractivity contribution in [3.63, 3.8) is 0 Å². The third kappa shape index (κ3) is 4.03. The number of benzene rings is 2. The molecular weight excluding hydrogens is 350 g/mol. The highest BCUT2D eigenvalue weighted by Gasteiger charge is 2.22. The first-order valence-electron chi connectivity index (χ1n) is 7.56. The second-order valence-corrected chi connectivity index (χ2v) is 5.50. The van der Waals surface area contributed by atoms with E-state index in [-0.39, 0.29) is 28.4 Å². The second kappa shape index (κ2) is 7.92. The van der Waals surface area contributed by atoms with Gasteiger partial charge >= 0.3 is 6.02 Å². The molecule has 0 spiro atoms. The van der Waals surface area contributed by atoms with Crippen molar-refractivity contribution in [2.24, 2.45) is 5.10 Å². The molecule has 0 saturated carbocycles. The third-order valence-corrected chi connectivity index (χ3v) is 3.62. The van der Waals surface area contributed by atoms with Gasteiger partial charge in [-0.15, -0.1) is 5.10 Å². The average Bonchev–Trinajstić information content (AvgIpc) is 3.12. The van der Waals surface area contributed by atoms with E-state index in [9.17, 15) is 10.1 Å². The summed E-state index contributed by atoms with van der Waals surface area (Å²) in [5, 5.41) is 18.7. The van der Waals surface area contributed by atoms with Crippen LogP contribution in [-0.2, 0) is 4.74 Å². The molecule has 0 atom stereocenters. The number of anilines is 1. The lowest BCUT2D eigenvalue weighted by Gasteiger charge is -2.09. The van der Waals surface area contributed by atoms with Gasteiger partial charge in [0, 0.05) is 11.3 Å². The van der Waals surface area contributed by atoms with E-state index in [4.69, 9.17) is 17.0 Å². The normalized spacial score (nSPS) is 14.2. The monoisotopic (exact) mass is 363 g/mol. The number of carbonyl (C=O) groups excluding carboxylic acids is 1. The van der Waals surface area contributed by atoms with E-state index in [1.54, 1.807) is 24.3 Å². The fraction of sp³-hybridized carbons (Fsp3) is 0. The van der Waals surface area contributed by atoms with E-state index in [0.29, 0.717) is 5.56 Å². The Morgan fingerprint density at radius 2 is 1.73 bits per heavy atom. The molecule has 0 aromatic heterocycles. The molecule has 3 rings (SSSR count). The van der Waals surface area contributed by atoms with Crippen LogP contribution in [-0.4, -0.2) is 16.9 Å². The van der Waals surface area contributed by atoms with Crippen molar-refractivity contribution in [1.29, 1.82) is 5.26 Å². The largest absolute Gasteiger partial charge is 0.404 e. The molecule has 0 unspecified atom stereocenters. The summed E-state index contributed by atoms with van der Waals surface area (Å²) in [5.41, 5.74) is 3.82. The van der Waals surface area contributed by atoms with Crippen LogP contribution in [0.1, 0.15) is 10.4 Å². The first-order valence-corrected chi connectivity index (χ1v) is 7.97. The Bertz CT molecular complexity index is 933. The van der Waals surface area contributed by atoms with Gasteiger partial charge in [-0.05, 0) is 24.3 Å². The molecule has 1 heterocycles.